The van der Waals surface area contributed by atoms with Crippen LogP contribution < -0.4 is 9.47 Å². The molecule has 2 rings (SSSR count). The van der Waals surface area contributed by atoms with Gasteiger partial charge in [0.1, 0.15) is 24.2 Å². The van der Waals surface area contributed by atoms with E-state index in [1.165, 1.54) is 7.11 Å². The van der Waals surface area contributed by atoms with E-state index in [9.17, 15) is 0 Å². The van der Waals surface area contributed by atoms with Crippen molar-refractivity contribution in [1.82, 2.24) is 0 Å². The number of benzene rings is 2. The number of hydrogen-bond donors (Lipinski definition) is 0. The predicted molar refractivity (Wildman–Crippen MR) is 73.2 cm³/mol. The van der Waals surface area contributed by atoms with Gasteiger partial charge in [0.2, 0.25) is 0 Å². The third-order valence-corrected chi connectivity index (χ3v) is 2.75. The Labute approximate surface area is 117 Å². The van der Waals surface area contributed by atoms with Crippen LogP contribution in [0.5, 0.6) is 11.5 Å². The molecule has 4 nitrogen and oxygen atoms in total. The lowest BCUT2D eigenvalue weighted by atomic mass is 10.1. The van der Waals surface area contributed by atoms with Gasteiger partial charge < -0.3 is 9.47 Å². The summed E-state index contributed by atoms with van der Waals surface area (Å²) in [4.78, 5) is 0. The number of ether oxygens (including phenoxy) is 2. The maximum Gasteiger partial charge on any atom is 0.136 e. The molecular weight excluding hydrogens is 252 g/mol. The molecule has 20 heavy (non-hydrogen) atoms. The molecule has 0 aliphatic carbocycles. The molecule has 0 saturated heterocycles. The molecule has 0 amide bonds. The van der Waals surface area contributed by atoms with E-state index in [0.717, 1.165) is 5.56 Å². The Balaban J connectivity index is 2.11. The van der Waals surface area contributed by atoms with Gasteiger partial charge in [-0.3, -0.25) is 0 Å². The van der Waals surface area contributed by atoms with Gasteiger partial charge in [0, 0.05) is 0 Å². The zero-order chi connectivity index (χ0) is 14.4. The minimum Gasteiger partial charge on any atom is -0.495 e. The summed E-state index contributed by atoms with van der Waals surface area (Å²) in [5.41, 5.74) is 1.89. The summed E-state index contributed by atoms with van der Waals surface area (Å²) in [5, 5.41) is 17.8. The van der Waals surface area contributed by atoms with E-state index >= 15 is 0 Å². The van der Waals surface area contributed by atoms with E-state index in [1.807, 2.05) is 6.07 Å². The lowest BCUT2D eigenvalue weighted by Crippen LogP contribution is -1.97. The van der Waals surface area contributed by atoms with Crippen LogP contribution >= 0.6 is 0 Å². The Hall–Kier alpha value is -2.98. The predicted octanol–water partition coefficient (Wildman–Crippen LogP) is 3.02. The van der Waals surface area contributed by atoms with E-state index in [-0.39, 0.29) is 0 Å². The third-order valence-electron chi connectivity index (χ3n) is 2.75. The Morgan fingerprint density at radius 2 is 1.90 bits per heavy atom. The molecule has 0 saturated carbocycles. The van der Waals surface area contributed by atoms with E-state index < -0.39 is 0 Å². The summed E-state index contributed by atoms with van der Waals surface area (Å²) >= 11 is 0. The van der Waals surface area contributed by atoms with Crippen LogP contribution in [0, 0.1) is 22.7 Å². The molecule has 0 aliphatic heterocycles. The zero-order valence-electron chi connectivity index (χ0n) is 11.0. The number of rotatable bonds is 4. The Kier molecular flexibility index (Phi) is 4.21. The van der Waals surface area contributed by atoms with Gasteiger partial charge in [-0.2, -0.15) is 10.5 Å². The zero-order valence-corrected chi connectivity index (χ0v) is 11.0. The van der Waals surface area contributed by atoms with Gasteiger partial charge in [-0.25, -0.2) is 0 Å². The van der Waals surface area contributed by atoms with Crippen LogP contribution in [-0.2, 0) is 6.61 Å². The Morgan fingerprint density at radius 3 is 2.60 bits per heavy atom. The average Bonchev–Trinajstić information content (AvgIpc) is 2.52. The van der Waals surface area contributed by atoms with Crippen LogP contribution in [0.1, 0.15) is 16.7 Å². The molecule has 0 unspecified atom stereocenters. The fourth-order valence-electron chi connectivity index (χ4n) is 1.75. The van der Waals surface area contributed by atoms with Crippen LogP contribution in [-0.4, -0.2) is 7.11 Å². The molecule has 0 spiro atoms. The largest absolute Gasteiger partial charge is 0.495 e. The average molecular weight is 264 g/mol. The van der Waals surface area contributed by atoms with Crippen molar-refractivity contribution in [3.05, 3.63) is 59.2 Å². The van der Waals surface area contributed by atoms with E-state index in [1.54, 1.807) is 36.4 Å². The number of hydrogen-bond acceptors (Lipinski definition) is 4. The molecule has 0 heterocycles. The normalized spacial score (nSPS) is 9.35. The number of nitriles is 2. The molecule has 0 bridgehead atoms. The minimum atomic E-state index is 0.327. The van der Waals surface area contributed by atoms with Crippen molar-refractivity contribution in [1.29, 1.82) is 10.5 Å². The highest BCUT2D eigenvalue weighted by Gasteiger charge is 2.04. The molecule has 2 aromatic rings. The van der Waals surface area contributed by atoms with Crippen LogP contribution in [0.2, 0.25) is 0 Å². The monoisotopic (exact) mass is 264 g/mol. The summed E-state index contributed by atoms with van der Waals surface area (Å²) in [5.74, 6) is 1.17. The molecule has 0 N–H and O–H groups in total. The molecule has 0 fully saturated rings. The first-order chi connectivity index (χ1) is 9.76. The van der Waals surface area contributed by atoms with Crippen molar-refractivity contribution in [2.24, 2.45) is 0 Å². The van der Waals surface area contributed by atoms with Crippen LogP contribution in [0.25, 0.3) is 0 Å². The molecule has 0 radical (unpaired) electrons. The van der Waals surface area contributed by atoms with Crippen molar-refractivity contribution in [3.8, 4) is 23.6 Å². The minimum absolute atomic E-state index is 0.327. The van der Waals surface area contributed by atoms with Gasteiger partial charge in [0.15, 0.2) is 0 Å². The van der Waals surface area contributed by atoms with Crippen LogP contribution in [0.15, 0.2) is 42.5 Å². The summed E-state index contributed by atoms with van der Waals surface area (Å²) in [7, 11) is 1.53. The second-order valence-corrected chi connectivity index (χ2v) is 4.07. The van der Waals surface area contributed by atoms with Gasteiger partial charge in [0.25, 0.3) is 0 Å². The SMILES string of the molecule is COc1ccc(COc2cccc(C#N)c2)cc1C#N. The summed E-state index contributed by atoms with van der Waals surface area (Å²) in [6, 6.07) is 16.4. The first-order valence-electron chi connectivity index (χ1n) is 5.97. The molecule has 2 aromatic carbocycles. The molecule has 4 heteroatoms. The van der Waals surface area contributed by atoms with Gasteiger partial charge in [-0.1, -0.05) is 12.1 Å². The maximum absolute atomic E-state index is 9.02. The van der Waals surface area contributed by atoms with Gasteiger partial charge >= 0.3 is 0 Å². The quantitative estimate of drug-likeness (QED) is 0.851. The van der Waals surface area contributed by atoms with E-state index in [4.69, 9.17) is 20.0 Å². The Morgan fingerprint density at radius 1 is 1.05 bits per heavy atom. The first kappa shape index (κ1) is 13.5. The van der Waals surface area contributed by atoms with Crippen molar-refractivity contribution in [2.75, 3.05) is 7.11 Å². The topological polar surface area (TPSA) is 66.0 Å². The van der Waals surface area contributed by atoms with E-state index in [0.29, 0.717) is 29.2 Å². The van der Waals surface area contributed by atoms with Crippen LogP contribution in [0.3, 0.4) is 0 Å². The second-order valence-electron chi connectivity index (χ2n) is 4.07. The Bertz CT molecular complexity index is 696. The van der Waals surface area contributed by atoms with Crippen molar-refractivity contribution < 1.29 is 9.47 Å². The van der Waals surface area contributed by atoms with Crippen molar-refractivity contribution in [3.63, 3.8) is 0 Å². The molecule has 98 valence electrons. The highest BCUT2D eigenvalue weighted by atomic mass is 16.5. The second kappa shape index (κ2) is 6.26. The van der Waals surface area contributed by atoms with E-state index in [2.05, 4.69) is 12.1 Å². The smallest absolute Gasteiger partial charge is 0.136 e. The van der Waals surface area contributed by atoms with Gasteiger partial charge in [-0.15, -0.1) is 0 Å². The summed E-state index contributed by atoms with van der Waals surface area (Å²) < 4.78 is 10.7. The number of nitrogens with zero attached hydrogens (tertiary/aromatic N) is 2. The van der Waals surface area contributed by atoms with Gasteiger partial charge in [0.05, 0.1) is 24.3 Å². The molecule has 0 atom stereocenters. The highest BCUT2D eigenvalue weighted by Crippen LogP contribution is 2.20. The highest BCUT2D eigenvalue weighted by molar-refractivity contribution is 5.45. The molecule has 0 aromatic heterocycles. The van der Waals surface area contributed by atoms with Crippen molar-refractivity contribution in [2.45, 2.75) is 6.61 Å². The molecular formula is C16H12N2O2. The summed E-state index contributed by atoms with van der Waals surface area (Å²) in [6.07, 6.45) is 0. The molecule has 0 aliphatic rings. The fraction of sp³-hybridized carbons (Fsp3) is 0.125. The van der Waals surface area contributed by atoms with Crippen LogP contribution in [0.4, 0.5) is 0 Å². The first-order valence-corrected chi connectivity index (χ1v) is 5.97. The lowest BCUT2D eigenvalue weighted by molar-refractivity contribution is 0.306. The van der Waals surface area contributed by atoms with Gasteiger partial charge in [-0.05, 0) is 35.9 Å². The number of methoxy groups -OCH3 is 1. The fourth-order valence-corrected chi connectivity index (χ4v) is 1.75. The van der Waals surface area contributed by atoms with Crippen molar-refractivity contribution >= 4 is 0 Å². The third kappa shape index (κ3) is 3.07. The standard InChI is InChI=1S/C16H12N2O2/c1-19-16-6-5-13(7-14(16)10-18)11-20-15-4-2-3-12(8-15)9-17/h2-8H,11H2,1H3. The maximum atomic E-state index is 9.02. The summed E-state index contributed by atoms with van der Waals surface area (Å²) in [6.45, 7) is 0.327. The lowest BCUT2D eigenvalue weighted by Gasteiger charge is -2.08.